The summed E-state index contributed by atoms with van der Waals surface area (Å²) in [6.45, 7) is 11.7. The molecule has 3 rings (SSSR count). The predicted molar refractivity (Wildman–Crippen MR) is 128 cm³/mol. The van der Waals surface area contributed by atoms with E-state index in [1.54, 1.807) is 7.11 Å². The Morgan fingerprint density at radius 2 is 2.09 bits per heavy atom. The topological polar surface area (TPSA) is 63.5 Å². The fraction of sp³-hybridized carbons (Fsp3) is 0.500. The Labute approximate surface area is 191 Å². The van der Waals surface area contributed by atoms with Crippen molar-refractivity contribution in [3.8, 4) is 17.2 Å². The SMILES string of the molecule is C=C(CC=C(C)CCC=C(C)C)C(C[C@@H]1c2c(cc3c(c2OC)OCO3)CCN1C)=NO. The van der Waals surface area contributed by atoms with Gasteiger partial charge in [0.25, 0.3) is 0 Å². The number of likely N-dealkylation sites (N-methyl/N-ethyl adjacent to an activating group) is 1. The number of hydrogen-bond donors (Lipinski definition) is 1. The zero-order valence-electron chi connectivity index (χ0n) is 20.0. The molecule has 6 nitrogen and oxygen atoms in total. The van der Waals surface area contributed by atoms with Gasteiger partial charge in [0.1, 0.15) is 0 Å². The summed E-state index contributed by atoms with van der Waals surface area (Å²) in [5.41, 5.74) is 6.36. The molecule has 1 atom stereocenters. The average molecular weight is 441 g/mol. The molecule has 174 valence electrons. The third kappa shape index (κ3) is 5.36. The number of hydrogen-bond acceptors (Lipinski definition) is 6. The maximum atomic E-state index is 9.81. The molecule has 2 aliphatic heterocycles. The van der Waals surface area contributed by atoms with Gasteiger partial charge in [-0.15, -0.1) is 0 Å². The first-order chi connectivity index (χ1) is 15.3. The number of allylic oxidation sites excluding steroid dienone is 5. The molecule has 0 unspecified atom stereocenters. The summed E-state index contributed by atoms with van der Waals surface area (Å²) in [5, 5.41) is 13.5. The third-order valence-corrected chi connectivity index (χ3v) is 6.25. The van der Waals surface area contributed by atoms with Crippen LogP contribution in [0, 0.1) is 0 Å². The Kier molecular flexibility index (Phi) is 8.02. The van der Waals surface area contributed by atoms with Gasteiger partial charge in [0, 0.05) is 24.6 Å². The summed E-state index contributed by atoms with van der Waals surface area (Å²) in [4.78, 5) is 2.27. The Morgan fingerprint density at radius 3 is 2.78 bits per heavy atom. The van der Waals surface area contributed by atoms with Crippen molar-refractivity contribution in [1.29, 1.82) is 0 Å². The van der Waals surface area contributed by atoms with Crippen LogP contribution in [-0.4, -0.2) is 43.3 Å². The summed E-state index contributed by atoms with van der Waals surface area (Å²) < 4.78 is 17.1. The van der Waals surface area contributed by atoms with Crippen LogP contribution in [0.5, 0.6) is 17.2 Å². The first-order valence-electron chi connectivity index (χ1n) is 11.2. The molecular formula is C26H36N2O4. The Morgan fingerprint density at radius 1 is 1.31 bits per heavy atom. The van der Waals surface area contributed by atoms with Crippen molar-refractivity contribution in [2.24, 2.45) is 5.16 Å². The second kappa shape index (κ2) is 10.7. The number of rotatable bonds is 9. The van der Waals surface area contributed by atoms with E-state index in [4.69, 9.17) is 14.2 Å². The van der Waals surface area contributed by atoms with Crippen molar-refractivity contribution in [2.45, 2.75) is 58.9 Å². The maximum absolute atomic E-state index is 9.81. The second-order valence-electron chi connectivity index (χ2n) is 8.89. The van der Waals surface area contributed by atoms with Gasteiger partial charge in [-0.05, 0) is 70.7 Å². The van der Waals surface area contributed by atoms with Gasteiger partial charge in [-0.2, -0.15) is 0 Å². The van der Waals surface area contributed by atoms with Crippen molar-refractivity contribution in [3.05, 3.63) is 52.6 Å². The molecule has 6 heteroatoms. The number of ether oxygens (including phenoxy) is 3. The van der Waals surface area contributed by atoms with Crippen LogP contribution in [0.3, 0.4) is 0 Å². The molecule has 0 saturated heterocycles. The molecule has 0 fully saturated rings. The molecular weight excluding hydrogens is 404 g/mol. The monoisotopic (exact) mass is 440 g/mol. The van der Waals surface area contributed by atoms with Crippen LogP contribution in [0.4, 0.5) is 0 Å². The van der Waals surface area contributed by atoms with Gasteiger partial charge in [0.05, 0.1) is 12.8 Å². The minimum Gasteiger partial charge on any atom is -0.492 e. The van der Waals surface area contributed by atoms with Gasteiger partial charge in [-0.3, -0.25) is 4.90 Å². The highest BCUT2D eigenvalue weighted by atomic mass is 16.7. The van der Waals surface area contributed by atoms with Gasteiger partial charge < -0.3 is 19.4 Å². The van der Waals surface area contributed by atoms with Crippen molar-refractivity contribution < 1.29 is 19.4 Å². The molecule has 0 spiro atoms. The van der Waals surface area contributed by atoms with Crippen molar-refractivity contribution >= 4 is 5.71 Å². The summed E-state index contributed by atoms with van der Waals surface area (Å²) in [6.07, 6.45) is 8.60. The number of benzene rings is 1. The molecule has 0 aliphatic carbocycles. The first kappa shape index (κ1) is 23.9. The molecule has 0 amide bonds. The van der Waals surface area contributed by atoms with Crippen LogP contribution in [0.1, 0.15) is 63.6 Å². The smallest absolute Gasteiger partial charge is 0.231 e. The first-order valence-corrected chi connectivity index (χ1v) is 11.2. The highest BCUT2D eigenvalue weighted by Crippen LogP contribution is 2.50. The van der Waals surface area contributed by atoms with Crippen LogP contribution in [0.25, 0.3) is 0 Å². The maximum Gasteiger partial charge on any atom is 0.231 e. The zero-order chi connectivity index (χ0) is 23.3. The predicted octanol–water partition coefficient (Wildman–Crippen LogP) is 5.81. The Hall–Kier alpha value is -2.73. The second-order valence-corrected chi connectivity index (χ2v) is 8.89. The quantitative estimate of drug-likeness (QED) is 0.227. The van der Waals surface area contributed by atoms with Gasteiger partial charge in [-0.1, -0.05) is 35.0 Å². The standard InChI is InChI=1S/C26H36N2O4/c1-17(2)8-7-9-18(3)10-11-19(4)21(27-29)15-22-24-20(12-13-28(22)5)14-23-25(26(24)30-6)32-16-31-23/h8,10,14,22,29H,4,7,9,11-13,15-16H2,1-3,5-6H3/t22-/m1/s1. The molecule has 2 heterocycles. The number of methoxy groups -OCH3 is 1. The largest absolute Gasteiger partial charge is 0.492 e. The lowest BCUT2D eigenvalue weighted by atomic mass is 9.87. The van der Waals surface area contributed by atoms with Crippen LogP contribution in [0.2, 0.25) is 0 Å². The molecule has 1 aromatic rings. The van der Waals surface area contributed by atoms with Gasteiger partial charge >= 0.3 is 0 Å². The molecule has 32 heavy (non-hydrogen) atoms. The van der Waals surface area contributed by atoms with Crippen molar-refractivity contribution in [2.75, 3.05) is 27.5 Å². The van der Waals surface area contributed by atoms with Crippen molar-refractivity contribution in [1.82, 2.24) is 4.90 Å². The summed E-state index contributed by atoms with van der Waals surface area (Å²) >= 11 is 0. The minimum absolute atomic E-state index is 0.00593. The molecule has 0 aromatic heterocycles. The van der Waals surface area contributed by atoms with Gasteiger partial charge in [0.15, 0.2) is 11.5 Å². The average Bonchev–Trinajstić information content (AvgIpc) is 3.23. The van der Waals surface area contributed by atoms with Gasteiger partial charge in [-0.25, -0.2) is 0 Å². The molecule has 2 aliphatic rings. The Bertz CT molecular complexity index is 942. The molecule has 1 N–H and O–H groups in total. The van der Waals surface area contributed by atoms with Gasteiger partial charge in [0.2, 0.25) is 12.5 Å². The molecule has 1 aromatic carbocycles. The van der Waals surface area contributed by atoms with E-state index >= 15 is 0 Å². The van der Waals surface area contributed by atoms with Crippen LogP contribution < -0.4 is 14.2 Å². The minimum atomic E-state index is -0.00593. The lowest BCUT2D eigenvalue weighted by molar-refractivity contribution is 0.170. The van der Waals surface area contributed by atoms with E-state index in [-0.39, 0.29) is 12.8 Å². The van der Waals surface area contributed by atoms with E-state index in [1.807, 2.05) is 0 Å². The van der Waals surface area contributed by atoms with E-state index in [9.17, 15) is 5.21 Å². The zero-order valence-corrected chi connectivity index (χ0v) is 20.0. The van der Waals surface area contributed by atoms with E-state index in [0.717, 1.165) is 42.7 Å². The third-order valence-electron chi connectivity index (χ3n) is 6.25. The summed E-state index contributed by atoms with van der Waals surface area (Å²) in [6, 6.07) is 2.05. The van der Waals surface area contributed by atoms with Crippen LogP contribution in [-0.2, 0) is 6.42 Å². The summed E-state index contributed by atoms with van der Waals surface area (Å²) in [7, 11) is 3.74. The lowest BCUT2D eigenvalue weighted by Gasteiger charge is -2.36. The highest BCUT2D eigenvalue weighted by molar-refractivity contribution is 6.00. The number of oxime groups is 1. The number of nitrogens with zero attached hydrogens (tertiary/aromatic N) is 2. The van der Waals surface area contributed by atoms with E-state index in [0.29, 0.717) is 30.1 Å². The normalized spacial score (nSPS) is 18.3. The molecule has 0 bridgehead atoms. The van der Waals surface area contributed by atoms with Crippen LogP contribution in [0.15, 0.2) is 46.7 Å². The highest BCUT2D eigenvalue weighted by Gasteiger charge is 2.34. The molecule has 0 radical (unpaired) electrons. The van der Waals surface area contributed by atoms with E-state index in [1.165, 1.54) is 16.7 Å². The fourth-order valence-electron chi connectivity index (χ4n) is 4.33. The van der Waals surface area contributed by atoms with E-state index in [2.05, 4.69) is 62.7 Å². The number of fused-ring (bicyclic) bond motifs is 2. The summed E-state index contributed by atoms with van der Waals surface area (Å²) in [5.74, 6) is 2.10. The fourth-order valence-corrected chi connectivity index (χ4v) is 4.33. The Balaban J connectivity index is 1.77. The molecule has 0 saturated carbocycles. The van der Waals surface area contributed by atoms with Crippen molar-refractivity contribution in [3.63, 3.8) is 0 Å². The van der Waals surface area contributed by atoms with Crippen LogP contribution >= 0.6 is 0 Å². The lowest BCUT2D eigenvalue weighted by Crippen LogP contribution is -2.34. The van der Waals surface area contributed by atoms with E-state index < -0.39 is 0 Å².